The summed E-state index contributed by atoms with van der Waals surface area (Å²) in [7, 11) is 5.92. The second-order valence-electron chi connectivity index (χ2n) is 8.54. The Bertz CT molecular complexity index is 1660. The predicted molar refractivity (Wildman–Crippen MR) is 146 cm³/mol. The quantitative estimate of drug-likeness (QED) is 0.338. The number of hydrogen-bond acceptors (Lipinski definition) is 7. The molecule has 202 valence electrons. The number of aromatic nitrogens is 2. The normalized spacial score (nSPS) is 10.7. The Hall–Kier alpha value is -5.06. The van der Waals surface area contributed by atoms with E-state index >= 15 is 0 Å². The molecular formula is C28H28N4O7. The molecule has 4 aromatic rings. The number of amides is 2. The van der Waals surface area contributed by atoms with Gasteiger partial charge in [0.05, 0.1) is 38.8 Å². The average Bonchev–Trinajstić information content (AvgIpc) is 2.96. The van der Waals surface area contributed by atoms with E-state index in [1.807, 2.05) is 0 Å². The van der Waals surface area contributed by atoms with Gasteiger partial charge in [-0.15, -0.1) is 0 Å². The third kappa shape index (κ3) is 5.61. The molecule has 4 rings (SSSR count). The lowest BCUT2D eigenvalue weighted by Crippen LogP contribution is -2.42. The van der Waals surface area contributed by atoms with Gasteiger partial charge in [0.2, 0.25) is 5.91 Å². The van der Waals surface area contributed by atoms with Gasteiger partial charge in [-0.2, -0.15) is 0 Å². The minimum absolute atomic E-state index is 0.0759. The fourth-order valence-corrected chi connectivity index (χ4v) is 4.17. The molecule has 0 bridgehead atoms. The third-order valence-corrected chi connectivity index (χ3v) is 6.17. The van der Waals surface area contributed by atoms with Crippen molar-refractivity contribution in [1.29, 1.82) is 0 Å². The standard InChI is InChI=1S/C28H28N4O7/c1-29-26(34)18-10-8-17(9-11-18)15-32-27(35)21-13-23(38-3)24(39-4)14-22(21)31(28(32)36)16-25(33)30-19-6-5-7-20(12-19)37-2/h5-14H,15-16H2,1-4H3,(H,29,34)(H,30,33). The molecular weight excluding hydrogens is 504 g/mol. The van der Waals surface area contributed by atoms with Gasteiger partial charge >= 0.3 is 5.69 Å². The van der Waals surface area contributed by atoms with Crippen LogP contribution in [0.5, 0.6) is 17.2 Å². The van der Waals surface area contributed by atoms with Crippen LogP contribution in [0.4, 0.5) is 5.69 Å². The summed E-state index contributed by atoms with van der Waals surface area (Å²) >= 11 is 0. The van der Waals surface area contributed by atoms with Crippen molar-refractivity contribution in [2.24, 2.45) is 0 Å². The van der Waals surface area contributed by atoms with Crippen LogP contribution in [0.2, 0.25) is 0 Å². The van der Waals surface area contributed by atoms with Gasteiger partial charge in [0.25, 0.3) is 11.5 Å². The van der Waals surface area contributed by atoms with Crippen LogP contribution >= 0.6 is 0 Å². The van der Waals surface area contributed by atoms with E-state index in [0.29, 0.717) is 34.1 Å². The van der Waals surface area contributed by atoms with Crippen molar-refractivity contribution in [2.45, 2.75) is 13.1 Å². The fourth-order valence-electron chi connectivity index (χ4n) is 4.17. The van der Waals surface area contributed by atoms with Crippen LogP contribution in [0, 0.1) is 0 Å². The lowest BCUT2D eigenvalue weighted by Gasteiger charge is -2.16. The fraction of sp³-hybridized carbons (Fsp3) is 0.214. The van der Waals surface area contributed by atoms with Gasteiger partial charge in [0.1, 0.15) is 12.3 Å². The molecule has 0 atom stereocenters. The Labute approximate surface area is 223 Å². The molecule has 11 nitrogen and oxygen atoms in total. The van der Waals surface area contributed by atoms with Gasteiger partial charge in [0.15, 0.2) is 11.5 Å². The first-order valence-corrected chi connectivity index (χ1v) is 11.9. The minimum Gasteiger partial charge on any atom is -0.497 e. The number of carbonyl (C=O) groups excluding carboxylic acids is 2. The number of rotatable bonds is 9. The molecule has 1 heterocycles. The zero-order valence-electron chi connectivity index (χ0n) is 21.9. The Morgan fingerprint density at radius 3 is 2.18 bits per heavy atom. The molecule has 0 aliphatic carbocycles. The minimum atomic E-state index is -0.684. The highest BCUT2D eigenvalue weighted by atomic mass is 16.5. The number of ether oxygens (including phenoxy) is 3. The van der Waals surface area contributed by atoms with Gasteiger partial charge in [-0.1, -0.05) is 18.2 Å². The van der Waals surface area contributed by atoms with Crippen molar-refractivity contribution in [2.75, 3.05) is 33.7 Å². The number of fused-ring (bicyclic) bond motifs is 1. The monoisotopic (exact) mass is 532 g/mol. The van der Waals surface area contributed by atoms with Crippen molar-refractivity contribution >= 4 is 28.4 Å². The summed E-state index contributed by atoms with van der Waals surface area (Å²) < 4.78 is 18.2. The van der Waals surface area contributed by atoms with Crippen LogP contribution < -0.4 is 36.1 Å². The maximum atomic E-state index is 13.7. The summed E-state index contributed by atoms with van der Waals surface area (Å²) in [6.07, 6.45) is 0. The summed E-state index contributed by atoms with van der Waals surface area (Å²) in [5.41, 5.74) is 0.520. The molecule has 0 unspecified atom stereocenters. The molecule has 0 aliphatic rings. The number of hydrogen-bond donors (Lipinski definition) is 2. The smallest absolute Gasteiger partial charge is 0.332 e. The van der Waals surface area contributed by atoms with E-state index in [9.17, 15) is 19.2 Å². The summed E-state index contributed by atoms with van der Waals surface area (Å²) in [5, 5.41) is 5.47. The second kappa shape index (κ2) is 11.5. The molecule has 2 N–H and O–H groups in total. The first kappa shape index (κ1) is 27.0. The van der Waals surface area contributed by atoms with E-state index in [2.05, 4.69) is 10.6 Å². The topological polar surface area (TPSA) is 130 Å². The van der Waals surface area contributed by atoms with Crippen molar-refractivity contribution in [3.63, 3.8) is 0 Å². The van der Waals surface area contributed by atoms with Crippen LogP contribution in [0.25, 0.3) is 10.9 Å². The van der Waals surface area contributed by atoms with Crippen molar-refractivity contribution in [3.8, 4) is 17.2 Å². The molecule has 0 fully saturated rings. The van der Waals surface area contributed by atoms with E-state index in [-0.39, 0.29) is 29.9 Å². The Balaban J connectivity index is 1.80. The molecule has 0 aliphatic heterocycles. The largest absolute Gasteiger partial charge is 0.497 e. The third-order valence-electron chi connectivity index (χ3n) is 6.17. The van der Waals surface area contributed by atoms with Crippen molar-refractivity contribution in [1.82, 2.24) is 14.5 Å². The van der Waals surface area contributed by atoms with Crippen LogP contribution in [0.3, 0.4) is 0 Å². The van der Waals surface area contributed by atoms with Crippen LogP contribution in [0.1, 0.15) is 15.9 Å². The Kier molecular flexibility index (Phi) is 7.99. The molecule has 39 heavy (non-hydrogen) atoms. The second-order valence-corrected chi connectivity index (χ2v) is 8.54. The Morgan fingerprint density at radius 1 is 0.846 bits per heavy atom. The summed E-state index contributed by atoms with van der Waals surface area (Å²) in [4.78, 5) is 52.1. The number of anilines is 1. The molecule has 3 aromatic carbocycles. The molecule has 0 radical (unpaired) electrons. The van der Waals surface area contributed by atoms with Crippen LogP contribution in [-0.4, -0.2) is 49.3 Å². The molecule has 0 saturated carbocycles. The van der Waals surface area contributed by atoms with E-state index in [1.54, 1.807) is 48.5 Å². The summed E-state index contributed by atoms with van der Waals surface area (Å²) in [5.74, 6) is 0.419. The average molecular weight is 533 g/mol. The zero-order valence-corrected chi connectivity index (χ0v) is 21.9. The van der Waals surface area contributed by atoms with Gasteiger partial charge in [-0.3, -0.25) is 23.5 Å². The lowest BCUT2D eigenvalue weighted by molar-refractivity contribution is -0.116. The maximum absolute atomic E-state index is 13.7. The van der Waals surface area contributed by atoms with Gasteiger partial charge in [-0.05, 0) is 35.9 Å². The summed E-state index contributed by atoms with van der Waals surface area (Å²) in [6.45, 7) is -0.453. The van der Waals surface area contributed by atoms with E-state index < -0.39 is 17.2 Å². The highest BCUT2D eigenvalue weighted by Gasteiger charge is 2.19. The number of benzene rings is 3. The van der Waals surface area contributed by atoms with Crippen molar-refractivity contribution in [3.05, 3.63) is 92.6 Å². The lowest BCUT2D eigenvalue weighted by atomic mass is 10.1. The number of nitrogens with one attached hydrogen (secondary N) is 2. The van der Waals surface area contributed by atoms with Gasteiger partial charge in [-0.25, -0.2) is 4.79 Å². The van der Waals surface area contributed by atoms with Gasteiger partial charge < -0.3 is 24.8 Å². The van der Waals surface area contributed by atoms with Crippen LogP contribution in [0.15, 0.2) is 70.3 Å². The highest BCUT2D eigenvalue weighted by Crippen LogP contribution is 2.30. The predicted octanol–water partition coefficient (Wildman–Crippen LogP) is 2.24. The van der Waals surface area contributed by atoms with Crippen molar-refractivity contribution < 1.29 is 23.8 Å². The zero-order chi connectivity index (χ0) is 28.1. The maximum Gasteiger partial charge on any atom is 0.332 e. The Morgan fingerprint density at radius 2 is 1.54 bits per heavy atom. The molecule has 0 saturated heterocycles. The van der Waals surface area contributed by atoms with Gasteiger partial charge in [0, 0.05) is 30.4 Å². The first-order chi connectivity index (χ1) is 18.8. The molecule has 0 spiro atoms. The molecule has 1 aromatic heterocycles. The summed E-state index contributed by atoms with van der Waals surface area (Å²) in [6, 6.07) is 16.3. The van der Waals surface area contributed by atoms with E-state index in [1.165, 1.54) is 45.1 Å². The van der Waals surface area contributed by atoms with E-state index in [4.69, 9.17) is 14.2 Å². The number of carbonyl (C=O) groups is 2. The SMILES string of the molecule is CNC(=O)c1ccc(Cn2c(=O)c3cc(OC)c(OC)cc3n(CC(=O)Nc3cccc(OC)c3)c2=O)cc1. The van der Waals surface area contributed by atoms with E-state index in [0.717, 1.165) is 4.57 Å². The molecule has 2 amide bonds. The number of methoxy groups -OCH3 is 3. The highest BCUT2D eigenvalue weighted by molar-refractivity contribution is 5.94. The number of nitrogens with zero attached hydrogens (tertiary/aromatic N) is 2. The van der Waals surface area contributed by atoms with Crippen LogP contribution in [-0.2, 0) is 17.9 Å². The first-order valence-electron chi connectivity index (χ1n) is 11.9. The molecule has 11 heteroatoms.